The predicted octanol–water partition coefficient (Wildman–Crippen LogP) is 3.60. The van der Waals surface area contributed by atoms with E-state index in [9.17, 15) is 0 Å². The summed E-state index contributed by atoms with van der Waals surface area (Å²) in [5.41, 5.74) is 1.59. The van der Waals surface area contributed by atoms with Gasteiger partial charge in [0.05, 0.1) is 14.2 Å². The molecule has 1 heterocycles. The van der Waals surface area contributed by atoms with E-state index in [0.717, 1.165) is 33.4 Å². The first-order valence-corrected chi connectivity index (χ1v) is 5.37. The Morgan fingerprint density at radius 3 is 2.59 bits per heavy atom. The Morgan fingerprint density at radius 1 is 0.941 bits per heavy atom. The first-order chi connectivity index (χ1) is 8.33. The van der Waals surface area contributed by atoms with Crippen LogP contribution in [0.1, 0.15) is 0 Å². The number of furan rings is 1. The highest BCUT2D eigenvalue weighted by molar-refractivity contribution is 6.07. The summed E-state index contributed by atoms with van der Waals surface area (Å²) >= 11 is 0. The lowest BCUT2D eigenvalue weighted by atomic mass is 10.1. The number of para-hydroxylation sites is 1. The lowest BCUT2D eigenvalue weighted by molar-refractivity contribution is 0.410. The highest BCUT2D eigenvalue weighted by atomic mass is 16.5. The zero-order valence-electron chi connectivity index (χ0n) is 9.69. The second-order valence-electron chi connectivity index (χ2n) is 3.80. The molecule has 86 valence electrons. The van der Waals surface area contributed by atoms with E-state index in [0.29, 0.717) is 0 Å². The van der Waals surface area contributed by atoms with Gasteiger partial charge in [0.25, 0.3) is 0 Å². The molecule has 0 bridgehead atoms. The molecule has 1 aromatic heterocycles. The Kier molecular flexibility index (Phi) is 2.18. The van der Waals surface area contributed by atoms with Crippen LogP contribution in [0.15, 0.2) is 40.8 Å². The van der Waals surface area contributed by atoms with E-state index in [1.807, 2.05) is 36.4 Å². The lowest BCUT2D eigenvalue weighted by Crippen LogP contribution is -1.81. The largest absolute Gasteiger partial charge is 0.497 e. The molecule has 0 unspecified atom stereocenters. The number of hydrogen-bond acceptors (Lipinski definition) is 3. The molecule has 0 fully saturated rings. The lowest BCUT2D eigenvalue weighted by Gasteiger charge is -1.98. The number of hydrogen-bond donors (Lipinski definition) is 0. The molecule has 17 heavy (non-hydrogen) atoms. The molecule has 0 spiro atoms. The van der Waals surface area contributed by atoms with Gasteiger partial charge in [-0.3, -0.25) is 0 Å². The van der Waals surface area contributed by atoms with Gasteiger partial charge in [0.2, 0.25) is 0 Å². The maximum Gasteiger partial charge on any atom is 0.177 e. The molecule has 0 aliphatic rings. The Labute approximate surface area is 98.5 Å². The van der Waals surface area contributed by atoms with E-state index in [1.54, 1.807) is 14.2 Å². The maximum absolute atomic E-state index is 5.81. The Balaban J connectivity index is 2.40. The first-order valence-electron chi connectivity index (χ1n) is 5.37. The summed E-state index contributed by atoms with van der Waals surface area (Å²) in [5, 5.41) is 2.13. The minimum absolute atomic E-state index is 0.748. The Bertz CT molecular complexity index is 682. The van der Waals surface area contributed by atoms with Crippen LogP contribution in [0.4, 0.5) is 0 Å². The van der Waals surface area contributed by atoms with Gasteiger partial charge in [-0.05, 0) is 18.2 Å². The fourth-order valence-electron chi connectivity index (χ4n) is 2.04. The van der Waals surface area contributed by atoms with Crippen LogP contribution < -0.4 is 9.47 Å². The highest BCUT2D eigenvalue weighted by Crippen LogP contribution is 2.35. The van der Waals surface area contributed by atoms with Gasteiger partial charge in [-0.25, -0.2) is 0 Å². The number of methoxy groups -OCH3 is 2. The van der Waals surface area contributed by atoms with Crippen molar-refractivity contribution in [1.82, 2.24) is 0 Å². The van der Waals surface area contributed by atoms with E-state index in [-0.39, 0.29) is 0 Å². The third-order valence-electron chi connectivity index (χ3n) is 2.89. The van der Waals surface area contributed by atoms with Crippen molar-refractivity contribution < 1.29 is 13.9 Å². The van der Waals surface area contributed by atoms with Crippen LogP contribution in [0, 0.1) is 0 Å². The molecule has 0 aliphatic heterocycles. The molecule has 0 saturated heterocycles. The third-order valence-corrected chi connectivity index (χ3v) is 2.89. The van der Waals surface area contributed by atoms with Crippen LogP contribution in [0.2, 0.25) is 0 Å². The van der Waals surface area contributed by atoms with Gasteiger partial charge in [0.15, 0.2) is 11.3 Å². The molecule has 0 amide bonds. The second kappa shape index (κ2) is 3.70. The maximum atomic E-state index is 5.81. The summed E-state index contributed by atoms with van der Waals surface area (Å²) in [5.74, 6) is 1.54. The summed E-state index contributed by atoms with van der Waals surface area (Å²) in [4.78, 5) is 0. The van der Waals surface area contributed by atoms with Crippen molar-refractivity contribution in [2.75, 3.05) is 14.2 Å². The summed E-state index contributed by atoms with van der Waals surface area (Å²) in [7, 11) is 3.28. The van der Waals surface area contributed by atoms with Gasteiger partial charge in [-0.15, -0.1) is 0 Å². The first kappa shape index (κ1) is 10.0. The second-order valence-corrected chi connectivity index (χ2v) is 3.80. The molecule has 0 aliphatic carbocycles. The zero-order valence-corrected chi connectivity index (χ0v) is 9.69. The van der Waals surface area contributed by atoms with Crippen molar-refractivity contribution in [1.29, 1.82) is 0 Å². The van der Waals surface area contributed by atoms with E-state index in [1.165, 1.54) is 0 Å². The van der Waals surface area contributed by atoms with Gasteiger partial charge in [-0.2, -0.15) is 0 Å². The molecule has 3 nitrogen and oxygen atoms in total. The molecule has 0 N–H and O–H groups in total. The Hall–Kier alpha value is -2.16. The number of ether oxygens (including phenoxy) is 2. The Morgan fingerprint density at radius 2 is 1.82 bits per heavy atom. The monoisotopic (exact) mass is 228 g/mol. The van der Waals surface area contributed by atoms with Crippen LogP contribution in [-0.4, -0.2) is 14.2 Å². The molecule has 0 radical (unpaired) electrons. The molecular weight excluding hydrogens is 216 g/mol. The standard InChI is InChI=1S/C14H12O3/c1-15-9-6-7-10-11-4-3-5-12(16-2)14(11)17-13(10)8-9/h3-8H,1-2H3. The number of benzene rings is 2. The molecule has 3 heteroatoms. The van der Waals surface area contributed by atoms with Crippen LogP contribution in [0.25, 0.3) is 21.9 Å². The van der Waals surface area contributed by atoms with Crippen molar-refractivity contribution in [3.63, 3.8) is 0 Å². The molecule has 2 aromatic carbocycles. The van der Waals surface area contributed by atoms with E-state index in [4.69, 9.17) is 13.9 Å². The van der Waals surface area contributed by atoms with E-state index >= 15 is 0 Å². The highest BCUT2D eigenvalue weighted by Gasteiger charge is 2.11. The summed E-state index contributed by atoms with van der Waals surface area (Å²) < 4.78 is 16.3. The van der Waals surface area contributed by atoms with E-state index < -0.39 is 0 Å². The average molecular weight is 228 g/mol. The summed E-state index contributed by atoms with van der Waals surface area (Å²) in [6, 6.07) is 11.7. The topological polar surface area (TPSA) is 31.6 Å². The zero-order chi connectivity index (χ0) is 11.8. The van der Waals surface area contributed by atoms with Crippen LogP contribution in [0.3, 0.4) is 0 Å². The fourth-order valence-corrected chi connectivity index (χ4v) is 2.04. The molecule has 0 saturated carbocycles. The fraction of sp³-hybridized carbons (Fsp3) is 0.143. The van der Waals surface area contributed by atoms with Crippen molar-refractivity contribution in [3.8, 4) is 11.5 Å². The normalized spacial score (nSPS) is 10.9. The van der Waals surface area contributed by atoms with Crippen molar-refractivity contribution >= 4 is 21.9 Å². The quantitative estimate of drug-likeness (QED) is 0.671. The summed E-state index contributed by atoms with van der Waals surface area (Å²) in [6.07, 6.45) is 0. The smallest absolute Gasteiger partial charge is 0.177 e. The van der Waals surface area contributed by atoms with E-state index in [2.05, 4.69) is 0 Å². The van der Waals surface area contributed by atoms with Crippen molar-refractivity contribution in [3.05, 3.63) is 36.4 Å². The van der Waals surface area contributed by atoms with Crippen molar-refractivity contribution in [2.45, 2.75) is 0 Å². The average Bonchev–Trinajstić information content (AvgIpc) is 2.75. The van der Waals surface area contributed by atoms with Gasteiger partial charge in [0, 0.05) is 16.8 Å². The molecule has 0 atom stereocenters. The van der Waals surface area contributed by atoms with Gasteiger partial charge < -0.3 is 13.9 Å². The van der Waals surface area contributed by atoms with Gasteiger partial charge >= 0.3 is 0 Å². The van der Waals surface area contributed by atoms with Crippen molar-refractivity contribution in [2.24, 2.45) is 0 Å². The number of fused-ring (bicyclic) bond motifs is 3. The van der Waals surface area contributed by atoms with Crippen LogP contribution in [0.5, 0.6) is 11.5 Å². The predicted molar refractivity (Wildman–Crippen MR) is 66.8 cm³/mol. The minimum Gasteiger partial charge on any atom is -0.497 e. The molecule has 3 rings (SSSR count). The summed E-state index contributed by atoms with van der Waals surface area (Å²) in [6.45, 7) is 0. The molecule has 3 aromatic rings. The SMILES string of the molecule is COc1ccc2c(c1)oc1c(OC)cccc12. The minimum atomic E-state index is 0.748. The van der Waals surface area contributed by atoms with Gasteiger partial charge in [0.1, 0.15) is 11.3 Å². The molecular formula is C14H12O3. The third kappa shape index (κ3) is 1.43. The number of rotatable bonds is 2. The van der Waals surface area contributed by atoms with Gasteiger partial charge in [-0.1, -0.05) is 12.1 Å². The van der Waals surface area contributed by atoms with Crippen LogP contribution in [-0.2, 0) is 0 Å². The van der Waals surface area contributed by atoms with Crippen LogP contribution >= 0.6 is 0 Å².